The van der Waals surface area contributed by atoms with Gasteiger partial charge in [-0.1, -0.05) is 0 Å². The van der Waals surface area contributed by atoms with Crippen molar-refractivity contribution >= 4 is 23.4 Å². The number of halogens is 1. The molecule has 0 aliphatic carbocycles. The number of rotatable bonds is 1. The first-order valence-corrected chi connectivity index (χ1v) is 5.74. The minimum absolute atomic E-state index is 0.0616. The van der Waals surface area contributed by atoms with Gasteiger partial charge >= 0.3 is 0 Å². The molecule has 1 aliphatic rings. The highest BCUT2D eigenvalue weighted by Gasteiger charge is 2.25. The number of nitrogens with zero attached hydrogens (tertiary/aromatic N) is 2. The lowest BCUT2D eigenvalue weighted by atomic mass is 10.3. The molecular weight excluding hydrogens is 244 g/mol. The molecule has 0 radical (unpaired) electrons. The van der Waals surface area contributed by atoms with Crippen LogP contribution in [0.3, 0.4) is 0 Å². The van der Waals surface area contributed by atoms with Gasteiger partial charge in [-0.3, -0.25) is 9.59 Å². The molecule has 1 fully saturated rings. The van der Waals surface area contributed by atoms with E-state index in [0.29, 0.717) is 13.1 Å². The van der Waals surface area contributed by atoms with Gasteiger partial charge in [0.25, 0.3) is 5.91 Å². The molecule has 6 heteroatoms. The topological polar surface area (TPSA) is 53.8 Å². The van der Waals surface area contributed by atoms with Gasteiger partial charge in [-0.25, -0.2) is 0 Å². The van der Waals surface area contributed by atoms with Crippen LogP contribution >= 0.6 is 11.6 Å². The van der Waals surface area contributed by atoms with Gasteiger partial charge in [-0.05, 0) is 30.2 Å². The molecule has 0 aromatic carbocycles. The van der Waals surface area contributed by atoms with Crippen molar-refractivity contribution in [3.63, 3.8) is 0 Å². The van der Waals surface area contributed by atoms with Crippen LogP contribution in [0, 0.1) is 0 Å². The molecule has 2 heterocycles. The van der Waals surface area contributed by atoms with Crippen LogP contribution in [0.4, 0.5) is 0 Å². The lowest BCUT2D eigenvalue weighted by molar-refractivity contribution is -0.129. The third-order valence-corrected chi connectivity index (χ3v) is 2.95. The van der Waals surface area contributed by atoms with Crippen molar-refractivity contribution in [1.29, 1.82) is 0 Å². The second kappa shape index (κ2) is 4.79. The molecule has 0 N–H and O–H groups in total. The van der Waals surface area contributed by atoms with E-state index in [0.717, 1.165) is 6.42 Å². The van der Waals surface area contributed by atoms with Crippen LogP contribution in [-0.4, -0.2) is 48.3 Å². The predicted molar refractivity (Wildman–Crippen MR) is 61.9 cm³/mol. The summed E-state index contributed by atoms with van der Waals surface area (Å²) in [6, 6.07) is 3.03. The van der Waals surface area contributed by atoms with Crippen molar-refractivity contribution in [3.8, 4) is 0 Å². The van der Waals surface area contributed by atoms with Gasteiger partial charge in [-0.15, -0.1) is 0 Å². The van der Waals surface area contributed by atoms with E-state index in [1.165, 1.54) is 17.0 Å². The molecule has 2 amide bonds. The fraction of sp³-hybridized carbons (Fsp3) is 0.455. The molecule has 0 unspecified atom stereocenters. The first kappa shape index (κ1) is 12.0. The highest BCUT2D eigenvalue weighted by Crippen LogP contribution is 2.16. The third-order valence-electron chi connectivity index (χ3n) is 2.74. The zero-order valence-electron chi connectivity index (χ0n) is 9.48. The summed E-state index contributed by atoms with van der Waals surface area (Å²) in [4.78, 5) is 26.8. The van der Waals surface area contributed by atoms with E-state index in [-0.39, 0.29) is 29.3 Å². The summed E-state index contributed by atoms with van der Waals surface area (Å²) in [5.74, 6) is -0.179. The SMILES string of the molecule is CN1CCCN(C(=O)c2ccc(Cl)o2)CC1=O. The summed E-state index contributed by atoms with van der Waals surface area (Å²) in [5, 5.41) is 0.173. The first-order chi connectivity index (χ1) is 8.08. The Morgan fingerprint density at radius 2 is 2.18 bits per heavy atom. The minimum atomic E-state index is -0.291. The van der Waals surface area contributed by atoms with Crippen molar-refractivity contribution < 1.29 is 14.0 Å². The summed E-state index contributed by atoms with van der Waals surface area (Å²) in [6.07, 6.45) is 0.766. The molecule has 17 heavy (non-hydrogen) atoms. The molecule has 1 aromatic heterocycles. The normalized spacial score (nSPS) is 17.2. The molecule has 1 saturated heterocycles. The average Bonchev–Trinajstić information content (AvgIpc) is 2.65. The Hall–Kier alpha value is -1.49. The maximum Gasteiger partial charge on any atom is 0.290 e. The monoisotopic (exact) mass is 256 g/mol. The number of hydrogen-bond donors (Lipinski definition) is 0. The third kappa shape index (κ3) is 2.61. The van der Waals surface area contributed by atoms with Crippen molar-refractivity contribution in [1.82, 2.24) is 9.80 Å². The van der Waals surface area contributed by atoms with Crippen LogP contribution < -0.4 is 0 Å². The number of likely N-dealkylation sites (N-methyl/N-ethyl adjacent to an activating group) is 1. The summed E-state index contributed by atoms with van der Waals surface area (Å²) in [6.45, 7) is 1.31. The van der Waals surface area contributed by atoms with Gasteiger partial charge in [0, 0.05) is 20.1 Å². The van der Waals surface area contributed by atoms with E-state index < -0.39 is 0 Å². The Balaban J connectivity index is 2.11. The summed E-state index contributed by atoms with van der Waals surface area (Å²) in [5.41, 5.74) is 0. The lowest BCUT2D eigenvalue weighted by Gasteiger charge is -2.18. The molecule has 0 saturated carbocycles. The van der Waals surface area contributed by atoms with Gasteiger partial charge in [0.1, 0.15) is 6.54 Å². The van der Waals surface area contributed by atoms with Crippen LogP contribution in [0.15, 0.2) is 16.5 Å². The highest BCUT2D eigenvalue weighted by molar-refractivity contribution is 6.29. The minimum Gasteiger partial charge on any atom is -0.440 e. The summed E-state index contributed by atoms with van der Waals surface area (Å²) in [7, 11) is 1.74. The Kier molecular flexibility index (Phi) is 3.38. The molecule has 1 aliphatic heterocycles. The zero-order valence-corrected chi connectivity index (χ0v) is 10.2. The Morgan fingerprint density at radius 3 is 2.82 bits per heavy atom. The number of carbonyl (C=O) groups is 2. The molecule has 2 rings (SSSR count). The smallest absolute Gasteiger partial charge is 0.290 e. The number of amides is 2. The summed E-state index contributed by atoms with van der Waals surface area (Å²) < 4.78 is 5.05. The van der Waals surface area contributed by atoms with Crippen LogP contribution in [-0.2, 0) is 4.79 Å². The van der Waals surface area contributed by atoms with E-state index >= 15 is 0 Å². The van der Waals surface area contributed by atoms with Gasteiger partial charge < -0.3 is 14.2 Å². The van der Waals surface area contributed by atoms with Gasteiger partial charge in [0.2, 0.25) is 5.91 Å². The number of carbonyl (C=O) groups excluding carboxylic acids is 2. The van der Waals surface area contributed by atoms with Gasteiger partial charge in [0.15, 0.2) is 11.0 Å². The van der Waals surface area contributed by atoms with Gasteiger partial charge in [0.05, 0.1) is 0 Å². The maximum atomic E-state index is 12.0. The van der Waals surface area contributed by atoms with Crippen molar-refractivity contribution in [2.45, 2.75) is 6.42 Å². The van der Waals surface area contributed by atoms with Crippen LogP contribution in [0.5, 0.6) is 0 Å². The fourth-order valence-electron chi connectivity index (χ4n) is 1.74. The van der Waals surface area contributed by atoms with E-state index in [2.05, 4.69) is 0 Å². The first-order valence-electron chi connectivity index (χ1n) is 5.36. The van der Waals surface area contributed by atoms with Crippen LogP contribution in [0.25, 0.3) is 0 Å². The quantitative estimate of drug-likeness (QED) is 0.760. The highest BCUT2D eigenvalue weighted by atomic mass is 35.5. The van der Waals surface area contributed by atoms with Crippen molar-refractivity contribution in [2.24, 2.45) is 0 Å². The Morgan fingerprint density at radius 1 is 1.41 bits per heavy atom. The predicted octanol–water partition coefficient (Wildman–Crippen LogP) is 1.24. The molecule has 1 aromatic rings. The van der Waals surface area contributed by atoms with E-state index in [1.54, 1.807) is 11.9 Å². The van der Waals surface area contributed by atoms with Gasteiger partial charge in [-0.2, -0.15) is 0 Å². The maximum absolute atomic E-state index is 12.0. The fourth-order valence-corrected chi connectivity index (χ4v) is 1.89. The van der Waals surface area contributed by atoms with Crippen molar-refractivity contribution in [3.05, 3.63) is 23.1 Å². The largest absolute Gasteiger partial charge is 0.440 e. The van der Waals surface area contributed by atoms with E-state index in [1.807, 2.05) is 0 Å². The van der Waals surface area contributed by atoms with Crippen molar-refractivity contribution in [2.75, 3.05) is 26.7 Å². The zero-order chi connectivity index (χ0) is 12.4. The van der Waals surface area contributed by atoms with E-state index in [9.17, 15) is 9.59 Å². The molecule has 0 bridgehead atoms. The second-order valence-corrected chi connectivity index (χ2v) is 4.37. The van der Waals surface area contributed by atoms with Crippen LogP contribution in [0.2, 0.25) is 5.22 Å². The average molecular weight is 257 g/mol. The van der Waals surface area contributed by atoms with E-state index in [4.69, 9.17) is 16.0 Å². The standard InChI is InChI=1S/C11H13ClN2O3/c1-13-5-2-6-14(7-10(13)15)11(16)8-3-4-9(12)17-8/h3-4H,2,5-7H2,1H3. The molecule has 92 valence electrons. The lowest BCUT2D eigenvalue weighted by Crippen LogP contribution is -2.37. The number of hydrogen-bond acceptors (Lipinski definition) is 3. The Labute approximate surface area is 104 Å². The summed E-state index contributed by atoms with van der Waals surface area (Å²) >= 11 is 5.61. The second-order valence-electron chi connectivity index (χ2n) is 4.00. The number of furan rings is 1. The molecule has 0 atom stereocenters. The molecule has 0 spiro atoms. The molecular formula is C11H13ClN2O3. The van der Waals surface area contributed by atoms with Crippen LogP contribution in [0.1, 0.15) is 17.0 Å². The Bertz CT molecular complexity index is 444. The molecule has 5 nitrogen and oxygen atoms in total.